The minimum absolute atomic E-state index is 0.133. The number of amides is 1. The average Bonchev–Trinajstić information content (AvgIpc) is 2.85. The summed E-state index contributed by atoms with van der Waals surface area (Å²) in [7, 11) is 1.56. The van der Waals surface area contributed by atoms with Crippen LogP contribution in [0.4, 0.5) is 27.6 Å². The highest BCUT2D eigenvalue weighted by Crippen LogP contribution is 2.38. The molecule has 2 aromatic rings. The Morgan fingerprint density at radius 1 is 1.35 bits per heavy atom. The number of hydrogen-bond donors (Lipinski definition) is 1. The Balaban J connectivity index is 2.28. The average molecular weight is 335 g/mol. The van der Waals surface area contributed by atoms with Crippen molar-refractivity contribution >= 4 is 11.6 Å². The number of carbonyl (C=O) groups excluding carboxylic acids is 1. The van der Waals surface area contributed by atoms with Gasteiger partial charge in [0.2, 0.25) is 0 Å². The van der Waals surface area contributed by atoms with Crippen LogP contribution in [0.3, 0.4) is 0 Å². The molecule has 0 saturated heterocycles. The third-order valence-corrected chi connectivity index (χ3v) is 2.73. The molecular formula is C13H10F5N3O2. The highest BCUT2D eigenvalue weighted by molar-refractivity contribution is 6.04. The fraction of sp³-hybridized carbons (Fsp3) is 0.231. The predicted octanol–water partition coefficient (Wildman–Crippen LogP) is 3.29. The van der Waals surface area contributed by atoms with Gasteiger partial charge in [0.25, 0.3) is 5.91 Å². The summed E-state index contributed by atoms with van der Waals surface area (Å²) in [5.74, 6) is -1.71. The van der Waals surface area contributed by atoms with Gasteiger partial charge in [-0.25, -0.2) is 0 Å². The van der Waals surface area contributed by atoms with E-state index in [0.29, 0.717) is 12.1 Å². The molecule has 0 aliphatic rings. The van der Waals surface area contributed by atoms with Crippen LogP contribution in [0, 0.1) is 0 Å². The molecule has 23 heavy (non-hydrogen) atoms. The summed E-state index contributed by atoms with van der Waals surface area (Å²) in [5.41, 5.74) is -1.50. The second-order valence-electron chi connectivity index (χ2n) is 4.44. The number of halogens is 5. The van der Waals surface area contributed by atoms with E-state index < -0.39 is 30.0 Å². The zero-order valence-corrected chi connectivity index (χ0v) is 11.6. The number of hydrogen-bond acceptors (Lipinski definition) is 3. The van der Waals surface area contributed by atoms with Gasteiger partial charge in [-0.05, 0) is 18.2 Å². The monoisotopic (exact) mass is 335 g/mol. The van der Waals surface area contributed by atoms with E-state index in [9.17, 15) is 26.7 Å². The van der Waals surface area contributed by atoms with E-state index in [0.717, 1.165) is 6.07 Å². The van der Waals surface area contributed by atoms with E-state index in [1.807, 2.05) is 0 Å². The maximum atomic E-state index is 12.9. The molecule has 1 N–H and O–H groups in total. The molecule has 0 saturated carbocycles. The van der Waals surface area contributed by atoms with Crippen LogP contribution >= 0.6 is 0 Å². The molecule has 0 spiro atoms. The lowest BCUT2D eigenvalue weighted by molar-refractivity contribution is -0.141. The molecule has 0 aliphatic carbocycles. The third kappa shape index (κ3) is 4.18. The molecule has 5 nitrogen and oxygen atoms in total. The summed E-state index contributed by atoms with van der Waals surface area (Å²) in [4.78, 5) is 11.9. The maximum Gasteiger partial charge on any atom is 0.420 e. The molecule has 124 valence electrons. The molecule has 0 atom stereocenters. The second kappa shape index (κ2) is 6.23. The Labute approximate surface area is 126 Å². The van der Waals surface area contributed by atoms with Crippen molar-refractivity contribution in [2.45, 2.75) is 12.8 Å². The number of rotatable bonds is 4. The van der Waals surface area contributed by atoms with Gasteiger partial charge in [-0.1, -0.05) is 0 Å². The molecule has 1 aromatic carbocycles. The Morgan fingerprint density at radius 3 is 2.57 bits per heavy atom. The standard InChI is InChI=1S/C13H10F5N3O2/c1-21-6-7(5-19-21)11(22)20-8-2-3-10(23-12(14)15)9(4-8)13(16,17)18/h2-6,12H,1H3,(H,20,22). The first kappa shape index (κ1) is 16.7. The number of aromatic nitrogens is 2. The van der Waals surface area contributed by atoms with E-state index in [1.165, 1.54) is 17.1 Å². The summed E-state index contributed by atoms with van der Waals surface area (Å²) in [6.45, 7) is -3.40. The van der Waals surface area contributed by atoms with Gasteiger partial charge < -0.3 is 10.1 Å². The van der Waals surface area contributed by atoms with Crippen molar-refractivity contribution in [2.24, 2.45) is 7.05 Å². The second-order valence-corrected chi connectivity index (χ2v) is 4.44. The Hall–Kier alpha value is -2.65. The van der Waals surface area contributed by atoms with Gasteiger partial charge in [-0.3, -0.25) is 9.48 Å². The zero-order chi connectivity index (χ0) is 17.2. The highest BCUT2D eigenvalue weighted by Gasteiger charge is 2.35. The lowest BCUT2D eigenvalue weighted by atomic mass is 10.1. The number of benzene rings is 1. The summed E-state index contributed by atoms with van der Waals surface area (Å²) < 4.78 is 68.2. The fourth-order valence-electron chi connectivity index (χ4n) is 1.77. The highest BCUT2D eigenvalue weighted by atomic mass is 19.4. The van der Waals surface area contributed by atoms with Crippen molar-refractivity contribution in [3.8, 4) is 5.75 Å². The first-order chi connectivity index (χ1) is 10.7. The van der Waals surface area contributed by atoms with Gasteiger partial charge in [-0.2, -0.15) is 27.1 Å². The van der Waals surface area contributed by atoms with Crippen LogP contribution in [0.15, 0.2) is 30.6 Å². The van der Waals surface area contributed by atoms with Crippen molar-refractivity contribution in [3.05, 3.63) is 41.7 Å². The van der Waals surface area contributed by atoms with Crippen LogP contribution in [-0.2, 0) is 13.2 Å². The van der Waals surface area contributed by atoms with Crippen molar-refractivity contribution in [1.29, 1.82) is 0 Å². The molecular weight excluding hydrogens is 325 g/mol. The number of alkyl halides is 5. The lowest BCUT2D eigenvalue weighted by Crippen LogP contribution is -2.14. The Morgan fingerprint density at radius 2 is 2.04 bits per heavy atom. The first-order valence-corrected chi connectivity index (χ1v) is 6.13. The zero-order valence-electron chi connectivity index (χ0n) is 11.6. The van der Waals surface area contributed by atoms with Gasteiger partial charge >= 0.3 is 12.8 Å². The third-order valence-electron chi connectivity index (χ3n) is 2.73. The fourth-order valence-corrected chi connectivity index (χ4v) is 1.77. The first-order valence-electron chi connectivity index (χ1n) is 6.13. The van der Waals surface area contributed by atoms with Crippen LogP contribution in [-0.4, -0.2) is 22.3 Å². The minimum Gasteiger partial charge on any atom is -0.434 e. The molecule has 0 aliphatic heterocycles. The number of nitrogens with zero attached hydrogens (tertiary/aromatic N) is 2. The number of carbonyl (C=O) groups is 1. The largest absolute Gasteiger partial charge is 0.434 e. The topological polar surface area (TPSA) is 56.2 Å². The van der Waals surface area contributed by atoms with Gasteiger partial charge in [0.1, 0.15) is 5.75 Å². The molecule has 10 heteroatoms. The summed E-state index contributed by atoms with van der Waals surface area (Å²) in [5, 5.41) is 5.98. The van der Waals surface area contributed by atoms with E-state index in [2.05, 4.69) is 15.2 Å². The van der Waals surface area contributed by atoms with Crippen LogP contribution < -0.4 is 10.1 Å². The normalized spacial score (nSPS) is 11.6. The number of nitrogens with one attached hydrogen (secondary N) is 1. The Bertz CT molecular complexity index is 712. The van der Waals surface area contributed by atoms with E-state index in [4.69, 9.17) is 0 Å². The molecule has 0 unspecified atom stereocenters. The van der Waals surface area contributed by atoms with Crippen LogP contribution in [0.2, 0.25) is 0 Å². The van der Waals surface area contributed by atoms with E-state index >= 15 is 0 Å². The molecule has 1 aromatic heterocycles. The summed E-state index contributed by atoms with van der Waals surface area (Å²) >= 11 is 0. The van der Waals surface area contributed by atoms with E-state index in [1.54, 1.807) is 7.05 Å². The van der Waals surface area contributed by atoms with E-state index in [-0.39, 0.29) is 11.3 Å². The predicted molar refractivity (Wildman–Crippen MR) is 69.2 cm³/mol. The molecule has 0 bridgehead atoms. The van der Waals surface area contributed by atoms with Crippen molar-refractivity contribution in [2.75, 3.05) is 5.32 Å². The summed E-state index contributed by atoms with van der Waals surface area (Å²) in [6, 6.07) is 2.26. The SMILES string of the molecule is Cn1cc(C(=O)Nc2ccc(OC(F)F)c(C(F)(F)F)c2)cn1. The number of aryl methyl sites for hydroxylation is 1. The maximum absolute atomic E-state index is 12.9. The minimum atomic E-state index is -4.92. The quantitative estimate of drug-likeness (QED) is 0.873. The molecule has 0 radical (unpaired) electrons. The molecule has 2 rings (SSSR count). The van der Waals surface area contributed by atoms with Gasteiger partial charge in [0.05, 0.1) is 17.3 Å². The van der Waals surface area contributed by atoms with Crippen molar-refractivity contribution < 1.29 is 31.5 Å². The van der Waals surface area contributed by atoms with Crippen molar-refractivity contribution in [1.82, 2.24) is 9.78 Å². The lowest BCUT2D eigenvalue weighted by Gasteiger charge is -2.15. The molecule has 0 fully saturated rings. The van der Waals surface area contributed by atoms with Crippen molar-refractivity contribution in [3.63, 3.8) is 0 Å². The number of anilines is 1. The van der Waals surface area contributed by atoms with Crippen LogP contribution in [0.5, 0.6) is 5.75 Å². The molecule has 1 heterocycles. The Kier molecular flexibility index (Phi) is 4.52. The van der Waals surface area contributed by atoms with Gasteiger partial charge in [0, 0.05) is 18.9 Å². The summed E-state index contributed by atoms with van der Waals surface area (Å²) in [6.07, 6.45) is -2.32. The van der Waals surface area contributed by atoms with Gasteiger partial charge in [-0.15, -0.1) is 0 Å². The number of ether oxygens (including phenoxy) is 1. The molecule has 1 amide bonds. The van der Waals surface area contributed by atoms with Crippen LogP contribution in [0.25, 0.3) is 0 Å². The van der Waals surface area contributed by atoms with Gasteiger partial charge in [0.15, 0.2) is 0 Å². The smallest absolute Gasteiger partial charge is 0.420 e. The van der Waals surface area contributed by atoms with Crippen LogP contribution in [0.1, 0.15) is 15.9 Å².